The Bertz CT molecular complexity index is 300. The van der Waals surface area contributed by atoms with Gasteiger partial charge in [0.1, 0.15) is 11.5 Å². The Kier molecular flexibility index (Phi) is 6.53. The summed E-state index contributed by atoms with van der Waals surface area (Å²) < 4.78 is 0. The van der Waals surface area contributed by atoms with Crippen LogP contribution in [0.4, 0.5) is 0 Å². The first kappa shape index (κ1) is 13.9. The van der Waals surface area contributed by atoms with Crippen LogP contribution in [0.5, 0.6) is 11.5 Å². The molecule has 96 valence electrons. The van der Waals surface area contributed by atoms with Crippen molar-refractivity contribution >= 4 is 0 Å². The van der Waals surface area contributed by atoms with Gasteiger partial charge in [-0.3, -0.25) is 0 Å². The normalized spacial score (nSPS) is 10.6. The molecule has 0 heterocycles. The first-order valence-corrected chi connectivity index (χ1v) is 6.75. The van der Waals surface area contributed by atoms with Crippen LogP contribution < -0.4 is 0 Å². The predicted octanol–water partition coefficient (Wildman–Crippen LogP) is 4.39. The molecule has 0 saturated carbocycles. The molecule has 1 rings (SSSR count). The Hall–Kier alpha value is -1.18. The van der Waals surface area contributed by atoms with Gasteiger partial charge in [-0.2, -0.15) is 0 Å². The molecule has 0 unspecified atom stereocenters. The second-order valence-electron chi connectivity index (χ2n) is 4.65. The molecule has 0 atom stereocenters. The standard InChI is InChI=1S/C15H24O2/c1-2-3-4-5-6-7-8-10-13-14(16)11-9-12-15(13)17/h9,11-12,16-17H,2-8,10H2,1H3. The minimum atomic E-state index is 0.219. The topological polar surface area (TPSA) is 40.5 Å². The number of phenols is 2. The molecule has 0 aliphatic carbocycles. The first-order valence-electron chi connectivity index (χ1n) is 6.75. The van der Waals surface area contributed by atoms with Crippen LogP contribution in [0.25, 0.3) is 0 Å². The summed E-state index contributed by atoms with van der Waals surface area (Å²) in [4.78, 5) is 0. The molecule has 0 amide bonds. The largest absolute Gasteiger partial charge is 0.508 e. The molecule has 2 nitrogen and oxygen atoms in total. The maximum atomic E-state index is 9.60. The first-order chi connectivity index (χ1) is 8.25. The van der Waals surface area contributed by atoms with E-state index >= 15 is 0 Å². The Morgan fingerprint density at radius 3 is 1.94 bits per heavy atom. The number of hydrogen-bond donors (Lipinski definition) is 2. The molecule has 0 aromatic heterocycles. The third-order valence-corrected chi connectivity index (χ3v) is 3.16. The van der Waals surface area contributed by atoms with Crippen LogP contribution in [0.3, 0.4) is 0 Å². The van der Waals surface area contributed by atoms with Gasteiger partial charge >= 0.3 is 0 Å². The van der Waals surface area contributed by atoms with Crippen molar-refractivity contribution in [2.45, 2.75) is 58.3 Å². The van der Waals surface area contributed by atoms with Gasteiger partial charge in [-0.1, -0.05) is 51.5 Å². The molecule has 0 aliphatic heterocycles. The van der Waals surface area contributed by atoms with E-state index in [1.54, 1.807) is 18.2 Å². The molecule has 17 heavy (non-hydrogen) atoms. The van der Waals surface area contributed by atoms with Crippen LogP contribution in [0.15, 0.2) is 18.2 Å². The van der Waals surface area contributed by atoms with Crippen LogP contribution in [-0.4, -0.2) is 10.2 Å². The maximum Gasteiger partial charge on any atom is 0.122 e. The van der Waals surface area contributed by atoms with E-state index in [1.807, 2.05) is 0 Å². The van der Waals surface area contributed by atoms with Gasteiger partial charge in [0.25, 0.3) is 0 Å². The van der Waals surface area contributed by atoms with Crippen molar-refractivity contribution in [1.29, 1.82) is 0 Å². The Labute approximate surface area is 104 Å². The second kappa shape index (κ2) is 7.99. The van der Waals surface area contributed by atoms with Crippen LogP contribution in [0.2, 0.25) is 0 Å². The molecule has 0 bridgehead atoms. The van der Waals surface area contributed by atoms with Gasteiger partial charge in [0, 0.05) is 5.56 Å². The van der Waals surface area contributed by atoms with Crippen LogP contribution in [0.1, 0.15) is 57.4 Å². The van der Waals surface area contributed by atoms with Crippen molar-refractivity contribution < 1.29 is 10.2 Å². The van der Waals surface area contributed by atoms with Gasteiger partial charge in [-0.05, 0) is 25.0 Å². The van der Waals surface area contributed by atoms with Gasteiger partial charge in [0.05, 0.1) is 0 Å². The van der Waals surface area contributed by atoms with Crippen molar-refractivity contribution in [3.05, 3.63) is 23.8 Å². The highest BCUT2D eigenvalue weighted by molar-refractivity contribution is 5.42. The lowest BCUT2D eigenvalue weighted by Gasteiger charge is -2.06. The predicted molar refractivity (Wildman–Crippen MR) is 71.5 cm³/mol. The molecule has 0 radical (unpaired) electrons. The summed E-state index contributed by atoms with van der Waals surface area (Å²) in [5.41, 5.74) is 0.695. The zero-order chi connectivity index (χ0) is 12.5. The fourth-order valence-corrected chi connectivity index (χ4v) is 2.08. The quantitative estimate of drug-likeness (QED) is 0.657. The monoisotopic (exact) mass is 236 g/mol. The number of phenolic OH excluding ortho intramolecular Hbond substituents is 2. The number of hydrogen-bond acceptors (Lipinski definition) is 2. The Morgan fingerprint density at radius 1 is 0.824 bits per heavy atom. The minimum Gasteiger partial charge on any atom is -0.508 e. The molecular weight excluding hydrogens is 212 g/mol. The highest BCUT2D eigenvalue weighted by Gasteiger charge is 2.05. The number of rotatable bonds is 8. The SMILES string of the molecule is CCCCCCCCCc1c(O)cccc1O. The summed E-state index contributed by atoms with van der Waals surface area (Å²) in [5.74, 6) is 0.437. The average Bonchev–Trinajstić information content (AvgIpc) is 2.31. The van der Waals surface area contributed by atoms with E-state index in [-0.39, 0.29) is 11.5 Å². The summed E-state index contributed by atoms with van der Waals surface area (Å²) in [7, 11) is 0. The van der Waals surface area contributed by atoms with E-state index in [9.17, 15) is 10.2 Å². The lowest BCUT2D eigenvalue weighted by Crippen LogP contribution is -1.88. The second-order valence-corrected chi connectivity index (χ2v) is 4.65. The summed E-state index contributed by atoms with van der Waals surface area (Å²) >= 11 is 0. The van der Waals surface area contributed by atoms with Crippen molar-refractivity contribution in [2.75, 3.05) is 0 Å². The van der Waals surface area contributed by atoms with Crippen molar-refractivity contribution in [2.24, 2.45) is 0 Å². The molecule has 2 N–H and O–H groups in total. The summed E-state index contributed by atoms with van der Waals surface area (Å²) in [6.45, 7) is 2.22. The third-order valence-electron chi connectivity index (χ3n) is 3.16. The fraction of sp³-hybridized carbons (Fsp3) is 0.600. The van der Waals surface area contributed by atoms with Gasteiger partial charge in [0.2, 0.25) is 0 Å². The van der Waals surface area contributed by atoms with E-state index < -0.39 is 0 Å². The van der Waals surface area contributed by atoms with Crippen molar-refractivity contribution in [3.63, 3.8) is 0 Å². The smallest absolute Gasteiger partial charge is 0.122 e. The Morgan fingerprint density at radius 2 is 1.35 bits per heavy atom. The number of aromatic hydroxyl groups is 2. The molecule has 2 heteroatoms. The maximum absolute atomic E-state index is 9.60. The van der Waals surface area contributed by atoms with E-state index in [0.29, 0.717) is 5.56 Å². The molecule has 0 fully saturated rings. The molecule has 0 saturated heterocycles. The minimum absolute atomic E-state index is 0.219. The molecule has 1 aromatic rings. The van der Waals surface area contributed by atoms with Gasteiger partial charge < -0.3 is 10.2 Å². The van der Waals surface area contributed by atoms with Crippen LogP contribution in [0, 0.1) is 0 Å². The summed E-state index contributed by atoms with van der Waals surface area (Å²) in [6.07, 6.45) is 9.50. The summed E-state index contributed by atoms with van der Waals surface area (Å²) in [6, 6.07) is 4.94. The lowest BCUT2D eigenvalue weighted by atomic mass is 10.0. The summed E-state index contributed by atoms with van der Waals surface area (Å²) in [5, 5.41) is 19.2. The number of unbranched alkanes of at least 4 members (excludes halogenated alkanes) is 6. The average molecular weight is 236 g/mol. The molecular formula is C15H24O2. The zero-order valence-corrected chi connectivity index (χ0v) is 10.8. The molecule has 1 aromatic carbocycles. The van der Waals surface area contributed by atoms with E-state index in [0.717, 1.165) is 12.8 Å². The van der Waals surface area contributed by atoms with E-state index in [2.05, 4.69) is 6.92 Å². The van der Waals surface area contributed by atoms with Crippen LogP contribution in [-0.2, 0) is 6.42 Å². The fourth-order valence-electron chi connectivity index (χ4n) is 2.08. The van der Waals surface area contributed by atoms with Crippen molar-refractivity contribution in [3.8, 4) is 11.5 Å². The van der Waals surface area contributed by atoms with Gasteiger partial charge in [-0.25, -0.2) is 0 Å². The number of benzene rings is 1. The lowest BCUT2D eigenvalue weighted by molar-refractivity contribution is 0.435. The van der Waals surface area contributed by atoms with Gasteiger partial charge in [-0.15, -0.1) is 0 Å². The highest BCUT2D eigenvalue weighted by atomic mass is 16.3. The van der Waals surface area contributed by atoms with E-state index in [1.165, 1.54) is 38.5 Å². The highest BCUT2D eigenvalue weighted by Crippen LogP contribution is 2.28. The molecule has 0 aliphatic rings. The van der Waals surface area contributed by atoms with Crippen LogP contribution >= 0.6 is 0 Å². The van der Waals surface area contributed by atoms with Crippen molar-refractivity contribution in [1.82, 2.24) is 0 Å². The zero-order valence-electron chi connectivity index (χ0n) is 10.8. The van der Waals surface area contributed by atoms with Gasteiger partial charge in [0.15, 0.2) is 0 Å². The van der Waals surface area contributed by atoms with E-state index in [4.69, 9.17) is 0 Å². The molecule has 0 spiro atoms. The Balaban J connectivity index is 2.18. The third kappa shape index (κ3) is 5.12.